The Hall–Kier alpha value is -0.260. The van der Waals surface area contributed by atoms with Crippen LogP contribution in [0.25, 0.3) is 0 Å². The van der Waals surface area contributed by atoms with Crippen molar-refractivity contribution in [3.05, 3.63) is 0 Å². The predicted octanol–water partition coefficient (Wildman–Crippen LogP) is -0.107. The molecule has 0 aliphatic carbocycles. The number of carbonyl (C=O) groups is 1. The van der Waals surface area contributed by atoms with Crippen LogP contribution in [0, 0.1) is 0 Å². The standard InChI is InChI=1S/C7H11NO3S/c9-6(10)5-3-12-7(4-8-5)1-2-11-7/h5,8H,1-4H2,(H,9,10). The van der Waals surface area contributed by atoms with E-state index < -0.39 is 12.0 Å². The molecule has 68 valence electrons. The summed E-state index contributed by atoms with van der Waals surface area (Å²) in [5.74, 6) is -0.160. The van der Waals surface area contributed by atoms with Crippen LogP contribution in [0.4, 0.5) is 0 Å². The van der Waals surface area contributed by atoms with Crippen LogP contribution in [0.1, 0.15) is 6.42 Å². The third kappa shape index (κ3) is 1.32. The largest absolute Gasteiger partial charge is 0.480 e. The van der Waals surface area contributed by atoms with Gasteiger partial charge in [0.15, 0.2) is 0 Å². The summed E-state index contributed by atoms with van der Waals surface area (Å²) in [4.78, 5) is 10.5. The minimum absolute atomic E-state index is 0.0913. The van der Waals surface area contributed by atoms with Crippen LogP contribution in [-0.2, 0) is 9.53 Å². The lowest BCUT2D eigenvalue weighted by atomic mass is 10.1. The molecule has 12 heavy (non-hydrogen) atoms. The molecule has 2 atom stereocenters. The summed E-state index contributed by atoms with van der Waals surface area (Å²) in [7, 11) is 0. The molecule has 0 aromatic rings. The van der Waals surface area contributed by atoms with Gasteiger partial charge in [-0.3, -0.25) is 10.1 Å². The second-order valence-electron chi connectivity index (χ2n) is 3.09. The summed E-state index contributed by atoms with van der Waals surface area (Å²) < 4.78 is 5.39. The number of hydrogen-bond donors (Lipinski definition) is 2. The summed E-state index contributed by atoms with van der Waals surface area (Å²) in [6, 6.07) is -0.398. The Morgan fingerprint density at radius 3 is 2.83 bits per heavy atom. The Balaban J connectivity index is 1.88. The fourth-order valence-corrected chi connectivity index (χ4v) is 2.68. The lowest BCUT2D eigenvalue weighted by Crippen LogP contribution is -2.57. The second-order valence-corrected chi connectivity index (χ2v) is 4.46. The van der Waals surface area contributed by atoms with Crippen molar-refractivity contribution in [2.24, 2.45) is 0 Å². The molecule has 2 N–H and O–H groups in total. The molecule has 2 aliphatic rings. The highest BCUT2D eigenvalue weighted by Gasteiger charge is 2.43. The number of carboxylic acid groups (broad SMARTS) is 1. The summed E-state index contributed by atoms with van der Waals surface area (Å²) in [6.45, 7) is 1.47. The van der Waals surface area contributed by atoms with Crippen molar-refractivity contribution in [1.29, 1.82) is 0 Å². The van der Waals surface area contributed by atoms with Gasteiger partial charge in [0.25, 0.3) is 0 Å². The van der Waals surface area contributed by atoms with Gasteiger partial charge in [-0.05, 0) is 0 Å². The molecule has 2 unspecified atom stereocenters. The zero-order valence-electron chi connectivity index (χ0n) is 6.58. The Kier molecular flexibility index (Phi) is 2.02. The van der Waals surface area contributed by atoms with Gasteiger partial charge in [0.1, 0.15) is 11.0 Å². The number of hydrogen-bond acceptors (Lipinski definition) is 4. The van der Waals surface area contributed by atoms with E-state index in [4.69, 9.17) is 9.84 Å². The molecule has 0 aromatic heterocycles. The molecule has 0 aromatic carbocycles. The van der Waals surface area contributed by atoms with Crippen LogP contribution in [0.2, 0.25) is 0 Å². The normalized spacial score (nSPS) is 40.8. The van der Waals surface area contributed by atoms with Crippen LogP contribution in [0.3, 0.4) is 0 Å². The average Bonchev–Trinajstić information content (AvgIpc) is 2.02. The van der Waals surface area contributed by atoms with E-state index >= 15 is 0 Å². The lowest BCUT2D eigenvalue weighted by molar-refractivity contribution is -0.140. The Morgan fingerprint density at radius 1 is 1.75 bits per heavy atom. The molecule has 0 amide bonds. The van der Waals surface area contributed by atoms with Crippen molar-refractivity contribution < 1.29 is 14.6 Å². The quantitative estimate of drug-likeness (QED) is 0.603. The van der Waals surface area contributed by atoms with Crippen molar-refractivity contribution >= 4 is 17.7 Å². The minimum Gasteiger partial charge on any atom is -0.480 e. The van der Waals surface area contributed by atoms with Gasteiger partial charge in [-0.2, -0.15) is 0 Å². The fourth-order valence-electron chi connectivity index (χ4n) is 1.37. The van der Waals surface area contributed by atoms with Gasteiger partial charge < -0.3 is 9.84 Å². The van der Waals surface area contributed by atoms with Crippen LogP contribution in [-0.4, -0.2) is 41.0 Å². The number of nitrogens with one attached hydrogen (secondary N) is 1. The summed E-state index contributed by atoms with van der Waals surface area (Å²) in [5.41, 5.74) is 0. The summed E-state index contributed by atoms with van der Waals surface area (Å²) in [5, 5.41) is 11.6. The molecule has 2 heterocycles. The lowest BCUT2D eigenvalue weighted by Gasteiger charge is -2.45. The van der Waals surface area contributed by atoms with Crippen molar-refractivity contribution in [2.75, 3.05) is 18.9 Å². The maximum absolute atomic E-state index is 10.6. The molecule has 0 bridgehead atoms. The molecule has 2 rings (SSSR count). The van der Waals surface area contributed by atoms with E-state index in [2.05, 4.69) is 5.32 Å². The van der Waals surface area contributed by atoms with Gasteiger partial charge in [-0.15, -0.1) is 11.8 Å². The first-order valence-corrected chi connectivity index (χ1v) is 4.95. The maximum atomic E-state index is 10.6. The maximum Gasteiger partial charge on any atom is 0.321 e. The monoisotopic (exact) mass is 189 g/mol. The highest BCUT2D eigenvalue weighted by atomic mass is 32.2. The Morgan fingerprint density at radius 2 is 2.50 bits per heavy atom. The summed E-state index contributed by atoms with van der Waals surface area (Å²) in [6.07, 6.45) is 1.04. The average molecular weight is 189 g/mol. The van der Waals surface area contributed by atoms with Gasteiger partial charge in [0, 0.05) is 18.7 Å². The van der Waals surface area contributed by atoms with Crippen molar-refractivity contribution in [3.63, 3.8) is 0 Å². The minimum atomic E-state index is -0.767. The third-order valence-electron chi connectivity index (χ3n) is 2.28. The predicted molar refractivity (Wildman–Crippen MR) is 45.2 cm³/mol. The highest BCUT2D eigenvalue weighted by molar-refractivity contribution is 8.00. The second kappa shape index (κ2) is 2.90. The van der Waals surface area contributed by atoms with E-state index in [-0.39, 0.29) is 4.93 Å². The van der Waals surface area contributed by atoms with E-state index in [0.717, 1.165) is 13.0 Å². The first-order chi connectivity index (χ1) is 5.72. The molecular weight excluding hydrogens is 178 g/mol. The van der Waals surface area contributed by atoms with E-state index in [1.54, 1.807) is 11.8 Å². The van der Waals surface area contributed by atoms with Gasteiger partial charge in [0.2, 0.25) is 0 Å². The van der Waals surface area contributed by atoms with E-state index in [0.29, 0.717) is 12.3 Å². The first kappa shape index (κ1) is 8.34. The van der Waals surface area contributed by atoms with Crippen LogP contribution >= 0.6 is 11.8 Å². The Labute approximate surface area is 74.7 Å². The number of aliphatic carboxylic acids is 1. The number of ether oxygens (including phenoxy) is 1. The van der Waals surface area contributed by atoms with E-state index in [9.17, 15) is 4.79 Å². The van der Waals surface area contributed by atoms with Gasteiger partial charge in [-0.1, -0.05) is 0 Å². The van der Waals surface area contributed by atoms with Gasteiger partial charge in [0.05, 0.1) is 6.61 Å². The van der Waals surface area contributed by atoms with Crippen molar-refractivity contribution in [1.82, 2.24) is 5.32 Å². The molecule has 1 spiro atoms. The van der Waals surface area contributed by atoms with Crippen LogP contribution in [0.5, 0.6) is 0 Å². The smallest absolute Gasteiger partial charge is 0.321 e. The zero-order chi connectivity index (χ0) is 8.60. The van der Waals surface area contributed by atoms with Crippen molar-refractivity contribution in [3.8, 4) is 0 Å². The molecule has 5 heteroatoms. The number of carboxylic acids is 1. The fraction of sp³-hybridized carbons (Fsp3) is 0.857. The molecule has 2 fully saturated rings. The molecule has 2 aliphatic heterocycles. The molecule has 2 saturated heterocycles. The molecule has 0 radical (unpaired) electrons. The first-order valence-electron chi connectivity index (χ1n) is 3.96. The van der Waals surface area contributed by atoms with Gasteiger partial charge in [-0.25, -0.2) is 0 Å². The molecular formula is C7H11NO3S. The highest BCUT2D eigenvalue weighted by Crippen LogP contribution is 2.39. The third-order valence-corrected chi connectivity index (χ3v) is 3.77. The molecule has 4 nitrogen and oxygen atoms in total. The van der Waals surface area contributed by atoms with E-state index in [1.807, 2.05) is 0 Å². The SMILES string of the molecule is O=C(O)C1CSC2(CCO2)CN1. The molecule has 0 saturated carbocycles. The number of thioether (sulfide) groups is 1. The van der Waals surface area contributed by atoms with Crippen LogP contribution in [0.15, 0.2) is 0 Å². The Bertz CT molecular complexity index is 195. The summed E-state index contributed by atoms with van der Waals surface area (Å²) >= 11 is 1.62. The van der Waals surface area contributed by atoms with Gasteiger partial charge >= 0.3 is 5.97 Å². The topological polar surface area (TPSA) is 58.6 Å². The van der Waals surface area contributed by atoms with Crippen LogP contribution < -0.4 is 5.32 Å². The van der Waals surface area contributed by atoms with E-state index in [1.165, 1.54) is 0 Å². The number of rotatable bonds is 1. The zero-order valence-corrected chi connectivity index (χ0v) is 7.39. The van der Waals surface area contributed by atoms with Crippen molar-refractivity contribution in [2.45, 2.75) is 17.4 Å².